The summed E-state index contributed by atoms with van der Waals surface area (Å²) >= 11 is 1.38. The maximum atomic E-state index is 13.2. The molecule has 0 saturated heterocycles. The Labute approximate surface area is 170 Å². The highest BCUT2D eigenvalue weighted by Gasteiger charge is 2.17. The summed E-state index contributed by atoms with van der Waals surface area (Å²) in [6.07, 6.45) is 3.17. The van der Waals surface area contributed by atoms with Gasteiger partial charge in [0.15, 0.2) is 11.5 Å². The van der Waals surface area contributed by atoms with Gasteiger partial charge in [0.1, 0.15) is 0 Å². The molecule has 0 unspecified atom stereocenters. The molecule has 0 radical (unpaired) electrons. The molecule has 4 rings (SSSR count). The van der Waals surface area contributed by atoms with Crippen LogP contribution in [0.5, 0.6) is 17.4 Å². The first-order valence-electron chi connectivity index (χ1n) is 8.66. The predicted molar refractivity (Wildman–Crippen MR) is 114 cm³/mol. The van der Waals surface area contributed by atoms with Gasteiger partial charge in [-0.3, -0.25) is 4.79 Å². The highest BCUT2D eigenvalue weighted by molar-refractivity contribution is 7.13. The summed E-state index contributed by atoms with van der Waals surface area (Å²) in [5.74, 6) is 0.749. The molecule has 0 bridgehead atoms. The molecule has 0 saturated carbocycles. The SMILES string of the molecule is COc1ccc(-n2c(O)c(/C=N/c3nccs3)c3ccccc3c2=O)cc1OC. The molecule has 7 nitrogen and oxygen atoms in total. The van der Waals surface area contributed by atoms with Crippen molar-refractivity contribution in [1.82, 2.24) is 9.55 Å². The fourth-order valence-corrected chi connectivity index (χ4v) is 3.57. The number of hydrogen-bond acceptors (Lipinski definition) is 7. The van der Waals surface area contributed by atoms with Crippen LogP contribution < -0.4 is 15.0 Å². The van der Waals surface area contributed by atoms with E-state index in [0.717, 1.165) is 0 Å². The standard InChI is InChI=1S/C21H17N3O4S/c1-27-17-8-7-13(11-18(17)28-2)24-19(25)15-6-4-3-5-14(15)16(20(24)26)12-23-21-22-9-10-29-21/h3-12,26H,1-2H3/b23-12+. The van der Waals surface area contributed by atoms with Crippen LogP contribution in [0.2, 0.25) is 0 Å². The van der Waals surface area contributed by atoms with Crippen LogP contribution in [0.4, 0.5) is 5.13 Å². The van der Waals surface area contributed by atoms with E-state index in [1.807, 2.05) is 11.4 Å². The van der Waals surface area contributed by atoms with E-state index in [4.69, 9.17) is 9.47 Å². The van der Waals surface area contributed by atoms with Gasteiger partial charge in [0, 0.05) is 34.6 Å². The van der Waals surface area contributed by atoms with Crippen LogP contribution in [0.3, 0.4) is 0 Å². The molecule has 2 aromatic carbocycles. The van der Waals surface area contributed by atoms with Gasteiger partial charge in [0.2, 0.25) is 11.0 Å². The van der Waals surface area contributed by atoms with Gasteiger partial charge < -0.3 is 14.6 Å². The lowest BCUT2D eigenvalue weighted by Gasteiger charge is -2.15. The Hall–Kier alpha value is -3.65. The maximum Gasteiger partial charge on any atom is 0.265 e. The van der Waals surface area contributed by atoms with Crippen molar-refractivity contribution in [3.63, 3.8) is 0 Å². The van der Waals surface area contributed by atoms with E-state index in [1.165, 1.54) is 36.3 Å². The Kier molecular flexibility index (Phi) is 5.01. The van der Waals surface area contributed by atoms with Crippen molar-refractivity contribution in [2.45, 2.75) is 0 Å². The summed E-state index contributed by atoms with van der Waals surface area (Å²) in [5.41, 5.74) is 0.515. The monoisotopic (exact) mass is 407 g/mol. The van der Waals surface area contributed by atoms with Gasteiger partial charge in [0.25, 0.3) is 5.56 Å². The van der Waals surface area contributed by atoms with Crippen LogP contribution in [0.1, 0.15) is 5.56 Å². The summed E-state index contributed by atoms with van der Waals surface area (Å²) in [6, 6.07) is 12.1. The molecule has 0 amide bonds. The second-order valence-electron chi connectivity index (χ2n) is 6.04. The molecule has 0 aliphatic carbocycles. The second kappa shape index (κ2) is 7.76. The smallest absolute Gasteiger partial charge is 0.265 e. The number of pyridine rings is 1. The molecule has 8 heteroatoms. The molecule has 1 N–H and O–H groups in total. The van der Waals surface area contributed by atoms with Crippen LogP contribution in [0.15, 0.2) is 63.8 Å². The van der Waals surface area contributed by atoms with Crippen molar-refractivity contribution in [2.24, 2.45) is 4.99 Å². The summed E-state index contributed by atoms with van der Waals surface area (Å²) in [6.45, 7) is 0. The van der Waals surface area contributed by atoms with Crippen molar-refractivity contribution < 1.29 is 14.6 Å². The van der Waals surface area contributed by atoms with Crippen LogP contribution in [0.25, 0.3) is 16.5 Å². The number of rotatable bonds is 5. The summed E-state index contributed by atoms with van der Waals surface area (Å²) in [7, 11) is 3.04. The number of methoxy groups -OCH3 is 2. The Bertz CT molecular complexity index is 1260. The number of aromatic nitrogens is 2. The summed E-state index contributed by atoms with van der Waals surface area (Å²) < 4.78 is 11.8. The molecule has 146 valence electrons. The van der Waals surface area contributed by atoms with E-state index < -0.39 is 0 Å². The Morgan fingerprint density at radius 1 is 1.10 bits per heavy atom. The van der Waals surface area contributed by atoms with Gasteiger partial charge in [-0.15, -0.1) is 11.3 Å². The van der Waals surface area contributed by atoms with E-state index >= 15 is 0 Å². The molecule has 0 fully saturated rings. The molecule has 2 aromatic heterocycles. The average molecular weight is 407 g/mol. The molecule has 29 heavy (non-hydrogen) atoms. The predicted octanol–water partition coefficient (Wildman–Crippen LogP) is 3.92. The minimum Gasteiger partial charge on any atom is -0.494 e. The highest BCUT2D eigenvalue weighted by atomic mass is 32.1. The van der Waals surface area contributed by atoms with E-state index in [0.29, 0.717) is 38.7 Å². The minimum absolute atomic E-state index is 0.221. The van der Waals surface area contributed by atoms with Crippen molar-refractivity contribution in [3.8, 4) is 23.1 Å². The fourth-order valence-electron chi connectivity index (χ4n) is 3.09. The van der Waals surface area contributed by atoms with Crippen LogP contribution in [0, 0.1) is 0 Å². The van der Waals surface area contributed by atoms with E-state index in [2.05, 4.69) is 9.98 Å². The van der Waals surface area contributed by atoms with Crippen LogP contribution >= 0.6 is 11.3 Å². The third-order valence-corrected chi connectivity index (χ3v) is 5.13. The number of aliphatic imine (C=N–C) groups is 1. The van der Waals surface area contributed by atoms with Crippen molar-refractivity contribution >= 4 is 33.5 Å². The lowest BCUT2D eigenvalue weighted by atomic mass is 10.1. The van der Waals surface area contributed by atoms with Crippen molar-refractivity contribution in [3.05, 3.63) is 70.0 Å². The number of hydrogen-bond donors (Lipinski definition) is 1. The molecular formula is C21H17N3O4S. The van der Waals surface area contributed by atoms with Gasteiger partial charge in [-0.05, 0) is 18.2 Å². The number of benzene rings is 2. The minimum atomic E-state index is -0.350. The van der Waals surface area contributed by atoms with E-state index in [-0.39, 0.29) is 11.4 Å². The zero-order valence-electron chi connectivity index (χ0n) is 15.7. The topological polar surface area (TPSA) is 85.9 Å². The molecule has 0 aliphatic heterocycles. The lowest BCUT2D eigenvalue weighted by molar-refractivity contribution is 0.354. The largest absolute Gasteiger partial charge is 0.494 e. The average Bonchev–Trinajstić information content (AvgIpc) is 3.27. The quantitative estimate of drug-likeness (QED) is 0.507. The van der Waals surface area contributed by atoms with Gasteiger partial charge in [-0.2, -0.15) is 0 Å². The van der Waals surface area contributed by atoms with Crippen LogP contribution in [-0.2, 0) is 0 Å². The summed E-state index contributed by atoms with van der Waals surface area (Å²) in [4.78, 5) is 21.6. The Morgan fingerprint density at radius 2 is 1.86 bits per heavy atom. The Balaban J connectivity index is 1.99. The second-order valence-corrected chi connectivity index (χ2v) is 6.91. The normalized spacial score (nSPS) is 11.2. The van der Waals surface area contributed by atoms with E-state index in [9.17, 15) is 9.90 Å². The fraction of sp³-hybridized carbons (Fsp3) is 0.0952. The molecule has 0 atom stereocenters. The summed E-state index contributed by atoms with van der Waals surface area (Å²) in [5, 5.41) is 14.5. The van der Waals surface area contributed by atoms with Crippen molar-refractivity contribution in [1.29, 1.82) is 0 Å². The molecule has 0 aliphatic rings. The zero-order valence-corrected chi connectivity index (χ0v) is 16.5. The number of ether oxygens (including phenoxy) is 2. The molecular weight excluding hydrogens is 390 g/mol. The maximum absolute atomic E-state index is 13.2. The van der Waals surface area contributed by atoms with Gasteiger partial charge in [0.05, 0.1) is 25.5 Å². The highest BCUT2D eigenvalue weighted by Crippen LogP contribution is 2.32. The first-order valence-corrected chi connectivity index (χ1v) is 9.54. The first kappa shape index (κ1) is 18.7. The lowest BCUT2D eigenvalue weighted by Crippen LogP contribution is -2.20. The van der Waals surface area contributed by atoms with Crippen LogP contribution in [-0.4, -0.2) is 35.1 Å². The third-order valence-electron chi connectivity index (χ3n) is 4.45. The number of nitrogens with zero attached hydrogens (tertiary/aromatic N) is 3. The molecule has 2 heterocycles. The number of fused-ring (bicyclic) bond motifs is 1. The van der Waals surface area contributed by atoms with Gasteiger partial charge in [-0.25, -0.2) is 14.5 Å². The molecule has 0 spiro atoms. The molecule has 4 aromatic rings. The third kappa shape index (κ3) is 3.34. The first-order chi connectivity index (χ1) is 14.1. The number of thiazole rings is 1. The van der Waals surface area contributed by atoms with Gasteiger partial charge in [-0.1, -0.05) is 18.2 Å². The Morgan fingerprint density at radius 3 is 2.55 bits per heavy atom. The van der Waals surface area contributed by atoms with Crippen molar-refractivity contribution in [2.75, 3.05) is 14.2 Å². The zero-order chi connectivity index (χ0) is 20.4. The number of aromatic hydroxyl groups is 1. The van der Waals surface area contributed by atoms with E-state index in [1.54, 1.807) is 42.6 Å². The van der Waals surface area contributed by atoms with Gasteiger partial charge >= 0.3 is 0 Å².